The first kappa shape index (κ1) is 15.2. The van der Waals surface area contributed by atoms with E-state index in [2.05, 4.69) is 15.5 Å². The van der Waals surface area contributed by atoms with Crippen molar-refractivity contribution in [3.8, 4) is 11.5 Å². The van der Waals surface area contributed by atoms with Crippen LogP contribution in [0.3, 0.4) is 0 Å². The SMILES string of the molecule is Cc1cccc(C(=O)NCc2nnc(-c3ccccc3Cl)o2)c1. The molecule has 0 bridgehead atoms. The first-order valence-corrected chi connectivity index (χ1v) is 7.43. The van der Waals surface area contributed by atoms with Crippen molar-refractivity contribution < 1.29 is 9.21 Å². The molecule has 3 aromatic rings. The third kappa shape index (κ3) is 3.57. The Hall–Kier alpha value is -2.66. The summed E-state index contributed by atoms with van der Waals surface area (Å²) in [5, 5.41) is 11.2. The van der Waals surface area contributed by atoms with Gasteiger partial charge in [-0.25, -0.2) is 0 Å². The smallest absolute Gasteiger partial charge is 0.251 e. The van der Waals surface area contributed by atoms with Gasteiger partial charge in [0.05, 0.1) is 17.1 Å². The summed E-state index contributed by atoms with van der Waals surface area (Å²) in [7, 11) is 0. The lowest BCUT2D eigenvalue weighted by atomic mass is 10.1. The van der Waals surface area contributed by atoms with Crippen LogP contribution in [-0.4, -0.2) is 16.1 Å². The summed E-state index contributed by atoms with van der Waals surface area (Å²) in [4.78, 5) is 12.1. The fraction of sp³-hybridized carbons (Fsp3) is 0.118. The summed E-state index contributed by atoms with van der Waals surface area (Å²) in [6.45, 7) is 2.09. The van der Waals surface area contributed by atoms with Crippen molar-refractivity contribution in [2.24, 2.45) is 0 Å². The van der Waals surface area contributed by atoms with E-state index in [4.69, 9.17) is 16.0 Å². The predicted octanol–water partition coefficient (Wildman–Crippen LogP) is 3.63. The third-order valence-electron chi connectivity index (χ3n) is 3.25. The zero-order chi connectivity index (χ0) is 16.2. The molecule has 0 aliphatic heterocycles. The number of hydrogen-bond acceptors (Lipinski definition) is 4. The highest BCUT2D eigenvalue weighted by Crippen LogP contribution is 2.26. The van der Waals surface area contributed by atoms with Crippen LogP contribution in [-0.2, 0) is 6.54 Å². The summed E-state index contributed by atoms with van der Waals surface area (Å²) in [5.41, 5.74) is 2.28. The van der Waals surface area contributed by atoms with Gasteiger partial charge in [0.2, 0.25) is 11.8 Å². The second-order valence-electron chi connectivity index (χ2n) is 5.03. The van der Waals surface area contributed by atoms with Gasteiger partial charge in [0.25, 0.3) is 5.91 Å². The zero-order valence-corrected chi connectivity index (χ0v) is 13.2. The van der Waals surface area contributed by atoms with Crippen LogP contribution in [0.4, 0.5) is 0 Å². The molecule has 0 saturated heterocycles. The molecule has 0 atom stereocenters. The normalized spacial score (nSPS) is 10.5. The summed E-state index contributed by atoms with van der Waals surface area (Å²) in [5.74, 6) is 0.461. The second kappa shape index (κ2) is 6.62. The van der Waals surface area contributed by atoms with E-state index in [1.807, 2.05) is 37.3 Å². The van der Waals surface area contributed by atoms with E-state index in [1.165, 1.54) is 0 Å². The van der Waals surface area contributed by atoms with Crippen molar-refractivity contribution in [3.63, 3.8) is 0 Å². The number of carbonyl (C=O) groups is 1. The Labute approximate surface area is 138 Å². The highest BCUT2D eigenvalue weighted by atomic mass is 35.5. The molecular weight excluding hydrogens is 314 g/mol. The predicted molar refractivity (Wildman–Crippen MR) is 87.1 cm³/mol. The molecular formula is C17H14ClN3O2. The molecule has 23 heavy (non-hydrogen) atoms. The monoisotopic (exact) mass is 327 g/mol. The number of benzene rings is 2. The molecule has 1 heterocycles. The van der Waals surface area contributed by atoms with E-state index in [0.717, 1.165) is 5.56 Å². The lowest BCUT2D eigenvalue weighted by molar-refractivity contribution is 0.0947. The van der Waals surface area contributed by atoms with Crippen LogP contribution in [0, 0.1) is 6.92 Å². The minimum Gasteiger partial charge on any atom is -0.419 e. The Morgan fingerprint density at radius 1 is 1.17 bits per heavy atom. The van der Waals surface area contributed by atoms with Gasteiger partial charge in [-0.05, 0) is 31.2 Å². The van der Waals surface area contributed by atoms with Gasteiger partial charge in [-0.3, -0.25) is 4.79 Å². The number of nitrogens with zero attached hydrogens (tertiary/aromatic N) is 2. The minimum absolute atomic E-state index is 0.157. The van der Waals surface area contributed by atoms with Crippen LogP contribution < -0.4 is 5.32 Å². The number of amides is 1. The van der Waals surface area contributed by atoms with Crippen LogP contribution in [0.2, 0.25) is 5.02 Å². The quantitative estimate of drug-likeness (QED) is 0.794. The molecule has 2 aromatic carbocycles. The standard InChI is InChI=1S/C17H14ClN3O2/c1-11-5-4-6-12(9-11)16(22)19-10-15-20-21-17(23-15)13-7-2-3-8-14(13)18/h2-9H,10H2,1H3,(H,19,22). The summed E-state index contributed by atoms with van der Waals surface area (Å²) < 4.78 is 5.54. The maximum Gasteiger partial charge on any atom is 0.251 e. The largest absolute Gasteiger partial charge is 0.419 e. The Morgan fingerprint density at radius 3 is 2.78 bits per heavy atom. The molecule has 0 aliphatic rings. The molecule has 0 fully saturated rings. The molecule has 3 rings (SSSR count). The average Bonchev–Trinajstić information content (AvgIpc) is 3.02. The zero-order valence-electron chi connectivity index (χ0n) is 12.4. The molecule has 0 unspecified atom stereocenters. The van der Waals surface area contributed by atoms with Crippen molar-refractivity contribution in [1.82, 2.24) is 15.5 Å². The first-order valence-electron chi connectivity index (χ1n) is 7.05. The van der Waals surface area contributed by atoms with Gasteiger partial charge in [-0.15, -0.1) is 10.2 Å². The molecule has 0 radical (unpaired) electrons. The lowest BCUT2D eigenvalue weighted by Crippen LogP contribution is -2.22. The summed E-state index contributed by atoms with van der Waals surface area (Å²) in [6, 6.07) is 14.6. The number of nitrogens with one attached hydrogen (secondary N) is 1. The van der Waals surface area contributed by atoms with Crippen LogP contribution in [0.5, 0.6) is 0 Å². The van der Waals surface area contributed by atoms with Crippen molar-refractivity contribution >= 4 is 17.5 Å². The first-order chi connectivity index (χ1) is 11.1. The third-order valence-corrected chi connectivity index (χ3v) is 3.58. The Morgan fingerprint density at radius 2 is 2.00 bits per heavy atom. The average molecular weight is 328 g/mol. The van der Waals surface area contributed by atoms with Gasteiger partial charge in [0.15, 0.2) is 0 Å². The van der Waals surface area contributed by atoms with Crippen molar-refractivity contribution in [1.29, 1.82) is 0 Å². The van der Waals surface area contributed by atoms with Crippen molar-refractivity contribution in [2.45, 2.75) is 13.5 Å². The number of hydrogen-bond donors (Lipinski definition) is 1. The Bertz CT molecular complexity index is 845. The lowest BCUT2D eigenvalue weighted by Gasteiger charge is -2.03. The van der Waals surface area contributed by atoms with Crippen LogP contribution in [0.1, 0.15) is 21.8 Å². The Kier molecular flexibility index (Phi) is 4.39. The molecule has 0 aliphatic carbocycles. The fourth-order valence-corrected chi connectivity index (χ4v) is 2.33. The molecule has 1 amide bonds. The number of aryl methyl sites for hydroxylation is 1. The summed E-state index contributed by atoms with van der Waals surface area (Å²) >= 11 is 6.09. The second-order valence-corrected chi connectivity index (χ2v) is 5.44. The molecule has 6 heteroatoms. The van der Waals surface area contributed by atoms with E-state index in [9.17, 15) is 4.79 Å². The van der Waals surface area contributed by atoms with Gasteiger partial charge < -0.3 is 9.73 Å². The summed E-state index contributed by atoms with van der Waals surface area (Å²) in [6.07, 6.45) is 0. The van der Waals surface area contributed by atoms with Crippen LogP contribution in [0.25, 0.3) is 11.5 Å². The van der Waals surface area contributed by atoms with Gasteiger partial charge >= 0.3 is 0 Å². The Balaban J connectivity index is 1.68. The van der Waals surface area contributed by atoms with E-state index in [0.29, 0.717) is 27.9 Å². The minimum atomic E-state index is -0.189. The van der Waals surface area contributed by atoms with Gasteiger partial charge in [0.1, 0.15) is 0 Å². The molecule has 0 saturated carbocycles. The molecule has 1 aromatic heterocycles. The molecule has 0 spiro atoms. The molecule has 116 valence electrons. The number of aromatic nitrogens is 2. The van der Waals surface area contributed by atoms with Crippen molar-refractivity contribution in [3.05, 3.63) is 70.6 Å². The number of rotatable bonds is 4. The highest BCUT2D eigenvalue weighted by Gasteiger charge is 2.12. The van der Waals surface area contributed by atoms with Gasteiger partial charge in [-0.1, -0.05) is 41.4 Å². The maximum atomic E-state index is 12.1. The highest BCUT2D eigenvalue weighted by molar-refractivity contribution is 6.33. The van der Waals surface area contributed by atoms with E-state index < -0.39 is 0 Å². The molecule has 1 N–H and O–H groups in total. The molecule has 5 nitrogen and oxygen atoms in total. The van der Waals surface area contributed by atoms with E-state index in [-0.39, 0.29) is 12.5 Å². The number of carbonyl (C=O) groups excluding carboxylic acids is 1. The topological polar surface area (TPSA) is 68.0 Å². The van der Waals surface area contributed by atoms with Crippen molar-refractivity contribution in [2.75, 3.05) is 0 Å². The van der Waals surface area contributed by atoms with Crippen LogP contribution in [0.15, 0.2) is 52.9 Å². The van der Waals surface area contributed by atoms with Gasteiger partial charge in [0, 0.05) is 5.56 Å². The fourth-order valence-electron chi connectivity index (χ4n) is 2.11. The maximum absolute atomic E-state index is 12.1. The number of halogens is 1. The van der Waals surface area contributed by atoms with Gasteiger partial charge in [-0.2, -0.15) is 0 Å². The van der Waals surface area contributed by atoms with Crippen LogP contribution >= 0.6 is 11.6 Å². The van der Waals surface area contributed by atoms with E-state index in [1.54, 1.807) is 18.2 Å². The van der Waals surface area contributed by atoms with E-state index >= 15 is 0 Å².